The molecule has 0 saturated carbocycles. The average molecular weight is 376 g/mol. The second-order valence-electron chi connectivity index (χ2n) is 6.89. The molecule has 1 aromatic carbocycles. The van der Waals surface area contributed by atoms with Crippen LogP contribution in [-0.2, 0) is 6.54 Å². The lowest BCUT2D eigenvalue weighted by Crippen LogP contribution is -2.33. The van der Waals surface area contributed by atoms with E-state index in [0.717, 1.165) is 36.6 Å². The summed E-state index contributed by atoms with van der Waals surface area (Å²) in [6.45, 7) is 1.96. The minimum Gasteiger partial charge on any atom is -0.497 e. The fraction of sp³-hybridized carbons (Fsp3) is 0.333. The number of benzene rings is 1. The van der Waals surface area contributed by atoms with Gasteiger partial charge in [0.25, 0.3) is 0 Å². The normalized spacial score (nSPS) is 17.2. The Bertz CT molecular complexity index is 887. The Kier molecular flexibility index (Phi) is 5.72. The smallest absolute Gasteiger partial charge is 0.227 e. The van der Waals surface area contributed by atoms with Crippen molar-refractivity contribution in [1.29, 1.82) is 0 Å². The number of hydrogen-bond donors (Lipinski definition) is 1. The lowest BCUT2D eigenvalue weighted by Gasteiger charge is -2.35. The molecule has 1 N–H and O–H groups in total. The van der Waals surface area contributed by atoms with E-state index in [2.05, 4.69) is 37.3 Å². The zero-order valence-electron chi connectivity index (χ0n) is 16.0. The van der Waals surface area contributed by atoms with Crippen molar-refractivity contribution >= 4 is 11.6 Å². The first-order valence-electron chi connectivity index (χ1n) is 9.54. The van der Waals surface area contributed by atoms with Gasteiger partial charge in [0.2, 0.25) is 5.95 Å². The third-order valence-corrected chi connectivity index (χ3v) is 4.99. The van der Waals surface area contributed by atoms with Crippen molar-refractivity contribution in [1.82, 2.24) is 24.8 Å². The minimum absolute atomic E-state index is 0.284. The lowest BCUT2D eigenvalue weighted by atomic mass is 9.98. The van der Waals surface area contributed by atoms with Crippen molar-refractivity contribution < 1.29 is 4.74 Å². The van der Waals surface area contributed by atoms with Crippen LogP contribution in [0, 0.1) is 0 Å². The largest absolute Gasteiger partial charge is 0.497 e. The SMILES string of the molecule is COc1ccc(CN2CCCC[C@@H]2c2ccnc(Nc3cncnc3)n2)cc1. The van der Waals surface area contributed by atoms with E-state index in [1.165, 1.54) is 24.7 Å². The molecular weight excluding hydrogens is 352 g/mol. The number of rotatable bonds is 6. The molecule has 1 saturated heterocycles. The molecule has 1 fully saturated rings. The Labute approximate surface area is 164 Å². The molecule has 0 unspecified atom stereocenters. The number of piperidine rings is 1. The Balaban J connectivity index is 1.51. The summed E-state index contributed by atoms with van der Waals surface area (Å²) in [7, 11) is 1.69. The molecule has 2 aromatic heterocycles. The van der Waals surface area contributed by atoms with Gasteiger partial charge in [-0.05, 0) is 43.1 Å². The van der Waals surface area contributed by atoms with Crippen LogP contribution in [0.15, 0.2) is 55.2 Å². The van der Waals surface area contributed by atoms with Gasteiger partial charge in [-0.25, -0.2) is 19.9 Å². The summed E-state index contributed by atoms with van der Waals surface area (Å²) in [5.41, 5.74) is 3.10. The minimum atomic E-state index is 0.284. The first-order valence-corrected chi connectivity index (χ1v) is 9.54. The number of anilines is 2. The van der Waals surface area contributed by atoms with Crippen LogP contribution in [0.3, 0.4) is 0 Å². The quantitative estimate of drug-likeness (QED) is 0.702. The molecule has 0 aliphatic carbocycles. The van der Waals surface area contributed by atoms with Crippen molar-refractivity contribution in [3.63, 3.8) is 0 Å². The Morgan fingerprint density at radius 1 is 1.11 bits per heavy atom. The number of nitrogens with one attached hydrogen (secondary N) is 1. The summed E-state index contributed by atoms with van der Waals surface area (Å²) >= 11 is 0. The number of aromatic nitrogens is 4. The van der Waals surface area contributed by atoms with Gasteiger partial charge >= 0.3 is 0 Å². The van der Waals surface area contributed by atoms with Gasteiger partial charge in [0.1, 0.15) is 12.1 Å². The van der Waals surface area contributed by atoms with Gasteiger partial charge in [0.15, 0.2) is 0 Å². The highest BCUT2D eigenvalue weighted by Crippen LogP contribution is 2.31. The van der Waals surface area contributed by atoms with Gasteiger partial charge in [0.05, 0.1) is 36.9 Å². The fourth-order valence-corrected chi connectivity index (χ4v) is 3.59. The van der Waals surface area contributed by atoms with Crippen LogP contribution in [0.4, 0.5) is 11.6 Å². The molecule has 3 heterocycles. The number of likely N-dealkylation sites (tertiary alicyclic amines) is 1. The zero-order valence-corrected chi connectivity index (χ0v) is 16.0. The van der Waals surface area contributed by atoms with Crippen molar-refractivity contribution in [2.45, 2.75) is 31.8 Å². The molecule has 3 aromatic rings. The predicted molar refractivity (Wildman–Crippen MR) is 107 cm³/mol. The molecule has 7 nitrogen and oxygen atoms in total. The van der Waals surface area contributed by atoms with E-state index in [-0.39, 0.29) is 6.04 Å². The zero-order chi connectivity index (χ0) is 19.2. The summed E-state index contributed by atoms with van der Waals surface area (Å²) in [5.74, 6) is 1.46. The van der Waals surface area contributed by atoms with E-state index in [4.69, 9.17) is 9.72 Å². The highest BCUT2D eigenvalue weighted by Gasteiger charge is 2.25. The van der Waals surface area contributed by atoms with Crippen molar-refractivity contribution in [3.05, 3.63) is 66.5 Å². The van der Waals surface area contributed by atoms with Crippen LogP contribution in [0.5, 0.6) is 5.75 Å². The molecule has 0 amide bonds. The summed E-state index contributed by atoms with van der Waals surface area (Å²) in [4.78, 5) is 19.7. The van der Waals surface area contributed by atoms with Gasteiger partial charge in [0, 0.05) is 12.7 Å². The van der Waals surface area contributed by atoms with Crippen molar-refractivity contribution in [3.8, 4) is 5.75 Å². The Hall–Kier alpha value is -3.06. The standard InChI is InChI=1S/C21H24N6O/c1-28-18-7-5-16(6-8-18)14-27-11-3-2-4-20(27)19-9-10-24-21(26-19)25-17-12-22-15-23-13-17/h5-10,12-13,15,20H,2-4,11,14H2,1H3,(H,24,25,26)/t20-/m1/s1. The number of methoxy groups -OCH3 is 1. The van der Waals surface area contributed by atoms with E-state index >= 15 is 0 Å². The van der Waals surface area contributed by atoms with Gasteiger partial charge in [-0.15, -0.1) is 0 Å². The maximum absolute atomic E-state index is 5.27. The molecule has 1 aliphatic rings. The predicted octanol–water partition coefficient (Wildman–Crippen LogP) is 3.75. The first-order chi connectivity index (χ1) is 13.8. The van der Waals surface area contributed by atoms with E-state index in [1.54, 1.807) is 19.5 Å². The van der Waals surface area contributed by atoms with Crippen molar-refractivity contribution in [2.75, 3.05) is 19.0 Å². The third-order valence-electron chi connectivity index (χ3n) is 4.99. The summed E-state index contributed by atoms with van der Waals surface area (Å²) < 4.78 is 5.27. The van der Waals surface area contributed by atoms with Gasteiger partial charge in [-0.2, -0.15) is 0 Å². The molecule has 1 aliphatic heterocycles. The molecule has 0 spiro atoms. The van der Waals surface area contributed by atoms with E-state index < -0.39 is 0 Å². The lowest BCUT2D eigenvalue weighted by molar-refractivity contribution is 0.137. The molecule has 4 rings (SSSR count). The first kappa shape index (κ1) is 18.3. The maximum Gasteiger partial charge on any atom is 0.227 e. The number of nitrogens with zero attached hydrogens (tertiary/aromatic N) is 5. The summed E-state index contributed by atoms with van der Waals surface area (Å²) in [5, 5.41) is 3.18. The van der Waals surface area contributed by atoms with Gasteiger partial charge in [-0.3, -0.25) is 4.90 Å². The Morgan fingerprint density at radius 2 is 1.93 bits per heavy atom. The maximum atomic E-state index is 5.27. The topological polar surface area (TPSA) is 76.1 Å². The summed E-state index contributed by atoms with van der Waals surface area (Å²) in [6, 6.07) is 10.6. The third kappa shape index (κ3) is 4.43. The molecule has 1 atom stereocenters. The second kappa shape index (κ2) is 8.75. The highest BCUT2D eigenvalue weighted by atomic mass is 16.5. The van der Waals surface area contributed by atoms with E-state index in [1.807, 2.05) is 24.4 Å². The second-order valence-corrected chi connectivity index (χ2v) is 6.89. The van der Waals surface area contributed by atoms with E-state index in [9.17, 15) is 0 Å². The highest BCUT2D eigenvalue weighted by molar-refractivity contribution is 5.49. The average Bonchev–Trinajstić information content (AvgIpc) is 2.76. The van der Waals surface area contributed by atoms with Gasteiger partial charge < -0.3 is 10.1 Å². The summed E-state index contributed by atoms with van der Waals surface area (Å²) in [6.07, 6.45) is 10.3. The molecular formula is C21H24N6O. The van der Waals surface area contributed by atoms with Crippen molar-refractivity contribution in [2.24, 2.45) is 0 Å². The van der Waals surface area contributed by atoms with Crippen LogP contribution in [0.1, 0.15) is 36.6 Å². The van der Waals surface area contributed by atoms with Crippen LogP contribution in [-0.4, -0.2) is 38.5 Å². The van der Waals surface area contributed by atoms with Crippen LogP contribution in [0.25, 0.3) is 0 Å². The molecule has 28 heavy (non-hydrogen) atoms. The fourth-order valence-electron chi connectivity index (χ4n) is 3.59. The monoisotopic (exact) mass is 376 g/mol. The van der Waals surface area contributed by atoms with Crippen LogP contribution >= 0.6 is 0 Å². The van der Waals surface area contributed by atoms with Gasteiger partial charge in [-0.1, -0.05) is 18.6 Å². The number of ether oxygens (including phenoxy) is 1. The van der Waals surface area contributed by atoms with E-state index in [0.29, 0.717) is 5.95 Å². The molecule has 7 heteroatoms. The number of hydrogen-bond acceptors (Lipinski definition) is 7. The molecule has 0 bridgehead atoms. The van der Waals surface area contributed by atoms with Crippen LogP contribution < -0.4 is 10.1 Å². The van der Waals surface area contributed by atoms with Crippen LogP contribution in [0.2, 0.25) is 0 Å². The molecule has 144 valence electrons. The molecule has 0 radical (unpaired) electrons. The Morgan fingerprint density at radius 3 is 2.71 bits per heavy atom.